The van der Waals surface area contributed by atoms with Crippen molar-refractivity contribution in [2.45, 2.75) is 0 Å². The summed E-state index contributed by atoms with van der Waals surface area (Å²) < 4.78 is 18.1. The molecule has 8 nitrogen and oxygen atoms in total. The average molecular weight is 405 g/mol. The zero-order valence-corrected chi connectivity index (χ0v) is 14.0. The second-order valence-electron chi connectivity index (χ2n) is 4.79. The van der Waals surface area contributed by atoms with E-state index in [0.717, 1.165) is 0 Å². The van der Waals surface area contributed by atoms with Gasteiger partial charge in [-0.3, -0.25) is 15.2 Å². The molecule has 0 atom stereocenters. The largest absolute Gasteiger partial charge is 0.339 e. The Kier molecular flexibility index (Phi) is 4.80. The van der Waals surface area contributed by atoms with Crippen molar-refractivity contribution in [3.8, 4) is 0 Å². The lowest BCUT2D eigenvalue weighted by molar-refractivity contribution is 0.102. The third-order valence-corrected chi connectivity index (χ3v) is 3.68. The van der Waals surface area contributed by atoms with Crippen molar-refractivity contribution < 1.29 is 13.8 Å². The van der Waals surface area contributed by atoms with Crippen LogP contribution in [0.5, 0.6) is 0 Å². The highest BCUT2D eigenvalue weighted by molar-refractivity contribution is 9.10. The number of carbonyl (C=O) groups is 1. The normalized spacial score (nSPS) is 10.3. The van der Waals surface area contributed by atoms with Gasteiger partial charge in [0.25, 0.3) is 5.91 Å². The molecule has 0 saturated heterocycles. The van der Waals surface area contributed by atoms with Crippen molar-refractivity contribution in [3.05, 3.63) is 64.3 Å². The maximum atomic E-state index is 13.3. The molecule has 1 aromatic carbocycles. The van der Waals surface area contributed by atoms with Gasteiger partial charge in [0.2, 0.25) is 5.82 Å². The molecule has 0 saturated carbocycles. The molecule has 2 heterocycles. The first kappa shape index (κ1) is 16.7. The Labute approximate surface area is 149 Å². The summed E-state index contributed by atoms with van der Waals surface area (Å²) in [6.45, 7) is 0. The van der Waals surface area contributed by atoms with Crippen LogP contribution >= 0.6 is 15.9 Å². The fourth-order valence-corrected chi connectivity index (χ4v) is 2.27. The van der Waals surface area contributed by atoms with Crippen LogP contribution in [0.15, 0.2) is 51.8 Å². The van der Waals surface area contributed by atoms with E-state index in [-0.39, 0.29) is 21.8 Å². The lowest BCUT2D eigenvalue weighted by Gasteiger charge is -2.07. The number of halogens is 2. The first-order valence-electron chi connectivity index (χ1n) is 6.89. The number of rotatable bonds is 4. The zero-order valence-electron chi connectivity index (χ0n) is 12.5. The fourth-order valence-electron chi connectivity index (χ4n) is 1.89. The Bertz CT molecular complexity index is 931. The molecule has 3 N–H and O–H groups in total. The number of aromatic nitrogens is 3. The summed E-state index contributed by atoms with van der Waals surface area (Å²) in [6.07, 6.45) is 2.93. The number of nitrogens with one attached hydrogen (secondary N) is 3. The summed E-state index contributed by atoms with van der Waals surface area (Å²) in [7, 11) is 0. The molecule has 0 fully saturated rings. The quantitative estimate of drug-likeness (QED) is 0.454. The molecular weight excluding hydrogens is 395 g/mol. The maximum absolute atomic E-state index is 13.3. The van der Waals surface area contributed by atoms with Crippen molar-refractivity contribution in [1.29, 1.82) is 5.41 Å². The number of pyridine rings is 1. The van der Waals surface area contributed by atoms with Gasteiger partial charge in [-0.25, -0.2) is 9.02 Å². The third-order valence-electron chi connectivity index (χ3n) is 3.07. The molecule has 0 bridgehead atoms. The Hall–Kier alpha value is -3.14. The molecule has 0 aliphatic heterocycles. The topological polar surface area (TPSA) is 117 Å². The van der Waals surface area contributed by atoms with Gasteiger partial charge in [0, 0.05) is 18.1 Å². The molecule has 0 radical (unpaired) electrons. The Morgan fingerprint density at radius 1 is 1.24 bits per heavy atom. The van der Waals surface area contributed by atoms with E-state index in [1.807, 2.05) is 0 Å². The van der Waals surface area contributed by atoms with Crippen molar-refractivity contribution in [2.24, 2.45) is 0 Å². The number of nitrogens with zero attached hydrogens (tertiary/aromatic N) is 3. The van der Waals surface area contributed by atoms with Crippen molar-refractivity contribution in [2.75, 3.05) is 10.6 Å². The van der Waals surface area contributed by atoms with E-state index in [9.17, 15) is 9.18 Å². The van der Waals surface area contributed by atoms with Crippen LogP contribution in [0, 0.1) is 11.2 Å². The zero-order chi connectivity index (χ0) is 17.8. The molecule has 0 aliphatic rings. The Morgan fingerprint density at radius 3 is 2.80 bits per heavy atom. The van der Waals surface area contributed by atoms with Crippen LogP contribution in [-0.2, 0) is 0 Å². The van der Waals surface area contributed by atoms with Crippen molar-refractivity contribution in [1.82, 2.24) is 15.3 Å². The van der Waals surface area contributed by atoms with E-state index in [1.54, 1.807) is 18.3 Å². The number of amidine groups is 1. The minimum Gasteiger partial charge on any atom is -0.339 e. The molecule has 3 aromatic rings. The number of benzene rings is 1. The minimum absolute atomic E-state index is 0.00214. The number of hydrogen-bond donors (Lipinski definition) is 3. The molecule has 2 aromatic heterocycles. The van der Waals surface area contributed by atoms with Gasteiger partial charge in [-0.15, -0.1) is 0 Å². The molecule has 126 valence electrons. The van der Waals surface area contributed by atoms with E-state index >= 15 is 0 Å². The second kappa shape index (κ2) is 7.18. The molecule has 0 aliphatic carbocycles. The second-order valence-corrected chi connectivity index (χ2v) is 5.64. The van der Waals surface area contributed by atoms with E-state index in [2.05, 4.69) is 46.5 Å². The van der Waals surface area contributed by atoms with Gasteiger partial charge in [0.05, 0.1) is 10.0 Å². The summed E-state index contributed by atoms with van der Waals surface area (Å²) in [6, 6.07) is 7.36. The highest BCUT2D eigenvalue weighted by Crippen LogP contribution is 2.21. The summed E-state index contributed by atoms with van der Waals surface area (Å²) in [5.74, 6) is -1.10. The van der Waals surface area contributed by atoms with Gasteiger partial charge in [-0.1, -0.05) is 0 Å². The summed E-state index contributed by atoms with van der Waals surface area (Å²) in [4.78, 5) is 16.0. The van der Waals surface area contributed by atoms with Crippen LogP contribution in [0.2, 0.25) is 0 Å². The summed E-state index contributed by atoms with van der Waals surface area (Å²) in [5, 5.41) is 20.5. The van der Waals surface area contributed by atoms with Crippen molar-refractivity contribution >= 4 is 39.2 Å². The Balaban J connectivity index is 1.75. The molecule has 25 heavy (non-hydrogen) atoms. The Morgan fingerprint density at radius 2 is 2.08 bits per heavy atom. The molecule has 10 heteroatoms. The van der Waals surface area contributed by atoms with Crippen LogP contribution in [0.4, 0.5) is 15.9 Å². The SMILES string of the molecule is N=C(Nc1ccc(F)c(Br)c1)c1nonc1NC(=O)c1cccnc1. The lowest BCUT2D eigenvalue weighted by Crippen LogP contribution is -2.18. The molecule has 0 spiro atoms. The molecular formula is C15H10BrFN6O2. The van der Waals surface area contributed by atoms with E-state index in [0.29, 0.717) is 11.3 Å². The van der Waals surface area contributed by atoms with Gasteiger partial charge < -0.3 is 10.6 Å². The maximum Gasteiger partial charge on any atom is 0.258 e. The van der Waals surface area contributed by atoms with Crippen LogP contribution in [0.25, 0.3) is 0 Å². The number of amides is 1. The van der Waals surface area contributed by atoms with E-state index in [1.165, 1.54) is 24.4 Å². The lowest BCUT2D eigenvalue weighted by atomic mass is 10.2. The van der Waals surface area contributed by atoms with E-state index < -0.39 is 11.7 Å². The number of hydrogen-bond acceptors (Lipinski definition) is 6. The van der Waals surface area contributed by atoms with Crippen molar-refractivity contribution in [3.63, 3.8) is 0 Å². The van der Waals surface area contributed by atoms with Crippen LogP contribution in [-0.4, -0.2) is 27.0 Å². The smallest absolute Gasteiger partial charge is 0.258 e. The molecule has 3 rings (SSSR count). The molecule has 1 amide bonds. The van der Waals surface area contributed by atoms with Gasteiger partial charge in [0.15, 0.2) is 11.5 Å². The monoisotopic (exact) mass is 404 g/mol. The number of anilines is 2. The van der Waals surface area contributed by atoms with Gasteiger partial charge in [-0.05, 0) is 56.6 Å². The predicted molar refractivity (Wildman–Crippen MR) is 91.0 cm³/mol. The first-order valence-corrected chi connectivity index (χ1v) is 7.69. The van der Waals surface area contributed by atoms with Gasteiger partial charge >= 0.3 is 0 Å². The van der Waals surface area contributed by atoms with E-state index in [4.69, 9.17) is 5.41 Å². The van der Waals surface area contributed by atoms with Gasteiger partial charge in [-0.2, -0.15) is 0 Å². The molecule has 0 unspecified atom stereocenters. The van der Waals surface area contributed by atoms with Gasteiger partial charge in [0.1, 0.15) is 5.82 Å². The first-order chi connectivity index (χ1) is 12.0. The van der Waals surface area contributed by atoms with Crippen LogP contribution < -0.4 is 10.6 Å². The summed E-state index contributed by atoms with van der Waals surface area (Å²) in [5.41, 5.74) is 0.766. The fraction of sp³-hybridized carbons (Fsp3) is 0. The standard InChI is InChI=1S/C15H10BrFN6O2/c16-10-6-9(3-4-11(10)17)20-13(18)12-14(23-25-22-12)21-15(24)8-2-1-5-19-7-8/h1-7H,(H2,18,20)(H,21,23,24). The third kappa shape index (κ3) is 3.86. The average Bonchev–Trinajstić information content (AvgIpc) is 3.07. The number of carbonyl (C=O) groups excluding carboxylic acids is 1. The van der Waals surface area contributed by atoms with Crippen LogP contribution in [0.1, 0.15) is 16.1 Å². The highest BCUT2D eigenvalue weighted by Gasteiger charge is 2.18. The minimum atomic E-state index is -0.470. The highest BCUT2D eigenvalue weighted by atomic mass is 79.9. The van der Waals surface area contributed by atoms with Crippen LogP contribution in [0.3, 0.4) is 0 Å². The predicted octanol–water partition coefficient (Wildman–Crippen LogP) is 3.06. The summed E-state index contributed by atoms with van der Waals surface area (Å²) >= 11 is 3.06.